The Balaban J connectivity index is 1.98. The fourth-order valence-corrected chi connectivity index (χ4v) is 2.27. The predicted octanol–water partition coefficient (Wildman–Crippen LogP) is 3.21. The Morgan fingerprint density at radius 3 is 2.81 bits per heavy atom. The van der Waals surface area contributed by atoms with Gasteiger partial charge in [0.15, 0.2) is 0 Å². The molecule has 1 amide bonds. The van der Waals surface area contributed by atoms with E-state index < -0.39 is 0 Å². The number of rotatable bonds is 2. The van der Waals surface area contributed by atoms with Gasteiger partial charge in [-0.15, -0.1) is 0 Å². The quantitative estimate of drug-likeness (QED) is 0.722. The van der Waals surface area contributed by atoms with Gasteiger partial charge in [-0.3, -0.25) is 14.8 Å². The Kier molecular flexibility index (Phi) is 3.36. The number of fused-ring (bicyclic) bond motifs is 1. The summed E-state index contributed by atoms with van der Waals surface area (Å²) in [6.45, 7) is 1.88. The van der Waals surface area contributed by atoms with Crippen LogP contribution in [-0.2, 0) is 0 Å². The van der Waals surface area contributed by atoms with Gasteiger partial charge in [0, 0.05) is 42.3 Å². The summed E-state index contributed by atoms with van der Waals surface area (Å²) >= 11 is 0. The van der Waals surface area contributed by atoms with Gasteiger partial charge in [0.25, 0.3) is 5.91 Å². The van der Waals surface area contributed by atoms with Crippen LogP contribution in [0.4, 0.5) is 5.69 Å². The average Bonchev–Trinajstić information content (AvgIpc) is 2.53. The van der Waals surface area contributed by atoms with E-state index in [4.69, 9.17) is 0 Å². The molecule has 0 radical (unpaired) electrons. The molecule has 0 bridgehead atoms. The number of amides is 1. The van der Waals surface area contributed by atoms with Crippen molar-refractivity contribution in [2.45, 2.75) is 6.92 Å². The standard InChI is InChI=1S/C17H15N3O/c1-12-11-18-9-7-15(12)17(21)20(2)14-6-5-13-4-3-8-19-16(13)10-14/h3-11H,1-2H3. The lowest BCUT2D eigenvalue weighted by molar-refractivity contribution is 0.0992. The van der Waals surface area contributed by atoms with Crippen molar-refractivity contribution >= 4 is 22.5 Å². The lowest BCUT2D eigenvalue weighted by atomic mass is 10.1. The first kappa shape index (κ1) is 13.2. The van der Waals surface area contributed by atoms with Gasteiger partial charge in [-0.25, -0.2) is 0 Å². The summed E-state index contributed by atoms with van der Waals surface area (Å²) in [6.07, 6.45) is 5.08. The molecule has 4 heteroatoms. The van der Waals surface area contributed by atoms with E-state index in [0.29, 0.717) is 5.56 Å². The summed E-state index contributed by atoms with van der Waals surface area (Å²) < 4.78 is 0. The minimum Gasteiger partial charge on any atom is -0.311 e. The summed E-state index contributed by atoms with van der Waals surface area (Å²) in [5, 5.41) is 1.06. The highest BCUT2D eigenvalue weighted by Gasteiger charge is 2.15. The van der Waals surface area contributed by atoms with Crippen molar-refractivity contribution in [3.8, 4) is 0 Å². The molecule has 0 N–H and O–H groups in total. The molecule has 0 aliphatic rings. The number of benzene rings is 1. The molecule has 1 aromatic carbocycles. The van der Waals surface area contributed by atoms with Crippen LogP contribution in [0.5, 0.6) is 0 Å². The van der Waals surface area contributed by atoms with E-state index in [9.17, 15) is 4.79 Å². The van der Waals surface area contributed by atoms with Crippen LogP contribution in [0.3, 0.4) is 0 Å². The van der Waals surface area contributed by atoms with Crippen LogP contribution in [0.2, 0.25) is 0 Å². The monoisotopic (exact) mass is 277 g/mol. The van der Waals surface area contributed by atoms with Crippen LogP contribution in [0.1, 0.15) is 15.9 Å². The Morgan fingerprint density at radius 2 is 2.00 bits per heavy atom. The molecule has 0 aliphatic carbocycles. The van der Waals surface area contributed by atoms with Gasteiger partial charge < -0.3 is 4.90 Å². The van der Waals surface area contributed by atoms with Crippen molar-refractivity contribution in [3.05, 3.63) is 66.1 Å². The molecule has 2 aromatic heterocycles. The zero-order valence-electron chi connectivity index (χ0n) is 11.9. The van der Waals surface area contributed by atoms with Crippen LogP contribution in [-0.4, -0.2) is 22.9 Å². The second-order valence-electron chi connectivity index (χ2n) is 4.94. The van der Waals surface area contributed by atoms with Crippen LogP contribution in [0.25, 0.3) is 10.9 Å². The highest BCUT2D eigenvalue weighted by Crippen LogP contribution is 2.21. The number of carbonyl (C=O) groups is 1. The van der Waals surface area contributed by atoms with Gasteiger partial charge in [0.05, 0.1) is 5.52 Å². The zero-order chi connectivity index (χ0) is 14.8. The van der Waals surface area contributed by atoms with Gasteiger partial charge in [-0.05, 0) is 36.8 Å². The van der Waals surface area contributed by atoms with Crippen LogP contribution < -0.4 is 4.90 Å². The summed E-state index contributed by atoms with van der Waals surface area (Å²) in [6, 6.07) is 11.5. The number of hydrogen-bond acceptors (Lipinski definition) is 3. The first-order chi connectivity index (χ1) is 10.2. The smallest absolute Gasteiger partial charge is 0.258 e. The molecule has 21 heavy (non-hydrogen) atoms. The molecule has 3 rings (SSSR count). The van der Waals surface area contributed by atoms with Crippen molar-refractivity contribution in [2.24, 2.45) is 0 Å². The maximum absolute atomic E-state index is 12.6. The van der Waals surface area contributed by atoms with E-state index in [1.807, 2.05) is 37.3 Å². The summed E-state index contributed by atoms with van der Waals surface area (Å²) in [7, 11) is 1.77. The zero-order valence-corrected chi connectivity index (χ0v) is 11.9. The van der Waals surface area contributed by atoms with Crippen LogP contribution in [0.15, 0.2) is 55.0 Å². The number of hydrogen-bond donors (Lipinski definition) is 0. The van der Waals surface area contributed by atoms with E-state index in [-0.39, 0.29) is 5.91 Å². The maximum atomic E-state index is 12.6. The average molecular weight is 277 g/mol. The van der Waals surface area contributed by atoms with Crippen molar-refractivity contribution in [1.29, 1.82) is 0 Å². The van der Waals surface area contributed by atoms with E-state index >= 15 is 0 Å². The van der Waals surface area contributed by atoms with E-state index in [1.165, 1.54) is 0 Å². The third-order valence-corrected chi connectivity index (χ3v) is 3.53. The highest BCUT2D eigenvalue weighted by atomic mass is 16.2. The second kappa shape index (κ2) is 5.32. The van der Waals surface area contributed by atoms with Gasteiger partial charge in [0.1, 0.15) is 0 Å². The van der Waals surface area contributed by atoms with Crippen molar-refractivity contribution < 1.29 is 4.79 Å². The van der Waals surface area contributed by atoms with Crippen LogP contribution in [0, 0.1) is 6.92 Å². The molecule has 0 saturated carbocycles. The van der Waals surface area contributed by atoms with E-state index in [0.717, 1.165) is 22.2 Å². The number of aromatic nitrogens is 2. The largest absolute Gasteiger partial charge is 0.311 e. The number of anilines is 1. The van der Waals surface area contributed by atoms with Gasteiger partial charge >= 0.3 is 0 Å². The fourth-order valence-electron chi connectivity index (χ4n) is 2.27. The van der Waals surface area contributed by atoms with Gasteiger partial charge in [-0.1, -0.05) is 12.1 Å². The fraction of sp³-hybridized carbons (Fsp3) is 0.118. The van der Waals surface area contributed by atoms with Gasteiger partial charge in [0.2, 0.25) is 0 Å². The minimum absolute atomic E-state index is 0.0508. The Morgan fingerprint density at radius 1 is 1.14 bits per heavy atom. The SMILES string of the molecule is Cc1cnccc1C(=O)N(C)c1ccc2cccnc2c1. The molecule has 0 spiro atoms. The lowest BCUT2D eigenvalue weighted by Gasteiger charge is -2.18. The minimum atomic E-state index is -0.0508. The van der Waals surface area contributed by atoms with E-state index in [1.54, 1.807) is 36.6 Å². The Labute approximate surface area is 123 Å². The normalized spacial score (nSPS) is 10.6. The lowest BCUT2D eigenvalue weighted by Crippen LogP contribution is -2.26. The molecule has 104 valence electrons. The van der Waals surface area contributed by atoms with Crippen molar-refractivity contribution in [2.75, 3.05) is 11.9 Å². The molecule has 2 heterocycles. The molecular formula is C17H15N3O. The first-order valence-electron chi connectivity index (χ1n) is 6.70. The van der Waals surface area contributed by atoms with Crippen molar-refractivity contribution in [3.63, 3.8) is 0 Å². The molecule has 0 aliphatic heterocycles. The Bertz CT molecular complexity index is 814. The summed E-state index contributed by atoms with van der Waals surface area (Å²) in [5.74, 6) is -0.0508. The molecule has 4 nitrogen and oxygen atoms in total. The summed E-state index contributed by atoms with van der Waals surface area (Å²) in [5.41, 5.74) is 3.23. The Hall–Kier alpha value is -2.75. The second-order valence-corrected chi connectivity index (χ2v) is 4.94. The predicted molar refractivity (Wildman–Crippen MR) is 83.5 cm³/mol. The topological polar surface area (TPSA) is 46.1 Å². The molecule has 0 fully saturated rings. The molecule has 0 unspecified atom stereocenters. The third kappa shape index (κ3) is 2.48. The van der Waals surface area contributed by atoms with Crippen molar-refractivity contribution in [1.82, 2.24) is 9.97 Å². The maximum Gasteiger partial charge on any atom is 0.258 e. The molecule has 0 atom stereocenters. The number of pyridine rings is 2. The summed E-state index contributed by atoms with van der Waals surface area (Å²) in [4.78, 5) is 22.6. The molecule has 0 saturated heterocycles. The van der Waals surface area contributed by atoms with Gasteiger partial charge in [-0.2, -0.15) is 0 Å². The number of carbonyl (C=O) groups excluding carboxylic acids is 1. The molecular weight excluding hydrogens is 262 g/mol. The first-order valence-corrected chi connectivity index (χ1v) is 6.70. The number of nitrogens with zero attached hydrogens (tertiary/aromatic N) is 3. The number of aryl methyl sites for hydroxylation is 1. The third-order valence-electron chi connectivity index (χ3n) is 3.53. The molecule has 3 aromatic rings. The van der Waals surface area contributed by atoms with E-state index in [2.05, 4.69) is 9.97 Å². The van der Waals surface area contributed by atoms with Crippen LogP contribution >= 0.6 is 0 Å². The highest BCUT2D eigenvalue weighted by molar-refractivity contribution is 6.07.